The molecule has 3 nitrogen and oxygen atoms in total. The highest BCUT2D eigenvalue weighted by Gasteiger charge is 2.27. The Hall–Kier alpha value is -1.36. The quantitative estimate of drug-likeness (QED) is 0.867. The van der Waals surface area contributed by atoms with Crippen molar-refractivity contribution in [2.24, 2.45) is 0 Å². The second-order valence-electron chi connectivity index (χ2n) is 5.04. The molecule has 2 heterocycles. The molecule has 0 atom stereocenters. The molecule has 1 aliphatic rings. The van der Waals surface area contributed by atoms with Crippen LogP contribution in [0.3, 0.4) is 0 Å². The van der Waals surface area contributed by atoms with Gasteiger partial charge in [0.25, 0.3) is 0 Å². The molecule has 0 saturated carbocycles. The molecule has 104 valence electrons. The molecule has 1 aliphatic heterocycles. The zero-order valence-electron chi connectivity index (χ0n) is 11.1. The van der Waals surface area contributed by atoms with Gasteiger partial charge in [-0.2, -0.15) is 0 Å². The van der Waals surface area contributed by atoms with E-state index in [2.05, 4.69) is 11.9 Å². The van der Waals surface area contributed by atoms with Gasteiger partial charge in [-0.05, 0) is 31.2 Å². The zero-order chi connectivity index (χ0) is 14.3. The highest BCUT2D eigenvalue weighted by molar-refractivity contribution is 7.16. The molecule has 0 unspecified atom stereocenters. The number of carbonyl (C=O) groups excluding carboxylic acids is 1. The standard InChI is InChI=1S/C15H15ClN2OS/c1-18-7-6-10-12(8-18)20-15(17)13(10)14(19)9-4-2-3-5-11(9)16/h2-5H,6-8,17H2,1H3. The summed E-state index contributed by atoms with van der Waals surface area (Å²) in [5, 5.41) is 1.08. The van der Waals surface area contributed by atoms with Gasteiger partial charge in [0.1, 0.15) is 0 Å². The van der Waals surface area contributed by atoms with E-state index in [1.165, 1.54) is 16.2 Å². The Morgan fingerprint density at radius 1 is 1.40 bits per heavy atom. The number of likely N-dealkylation sites (N-methyl/N-ethyl adjacent to an activating group) is 1. The minimum absolute atomic E-state index is 0.0600. The Kier molecular flexibility index (Phi) is 3.54. The molecule has 3 rings (SSSR count). The maximum absolute atomic E-state index is 12.7. The van der Waals surface area contributed by atoms with Gasteiger partial charge in [0, 0.05) is 23.5 Å². The van der Waals surface area contributed by atoms with Gasteiger partial charge >= 0.3 is 0 Å². The summed E-state index contributed by atoms with van der Waals surface area (Å²) in [6, 6.07) is 7.13. The summed E-state index contributed by atoms with van der Waals surface area (Å²) in [4.78, 5) is 16.2. The Balaban J connectivity index is 2.07. The van der Waals surface area contributed by atoms with Crippen molar-refractivity contribution < 1.29 is 4.79 Å². The molecule has 2 N–H and O–H groups in total. The number of ketones is 1. The molecule has 20 heavy (non-hydrogen) atoms. The topological polar surface area (TPSA) is 46.3 Å². The Bertz CT molecular complexity index is 681. The first kappa shape index (κ1) is 13.6. The van der Waals surface area contributed by atoms with Crippen molar-refractivity contribution in [3.8, 4) is 0 Å². The van der Waals surface area contributed by atoms with Crippen molar-refractivity contribution >= 4 is 33.7 Å². The van der Waals surface area contributed by atoms with E-state index in [1.54, 1.807) is 12.1 Å². The number of thiophene rings is 1. The van der Waals surface area contributed by atoms with E-state index in [1.807, 2.05) is 12.1 Å². The molecule has 0 fully saturated rings. The third-order valence-corrected chi connectivity index (χ3v) is 5.00. The summed E-state index contributed by atoms with van der Waals surface area (Å²) in [5.41, 5.74) is 8.38. The van der Waals surface area contributed by atoms with E-state index in [0.29, 0.717) is 21.2 Å². The van der Waals surface area contributed by atoms with Gasteiger partial charge in [0.2, 0.25) is 0 Å². The van der Waals surface area contributed by atoms with Crippen molar-refractivity contribution in [2.75, 3.05) is 19.3 Å². The number of carbonyl (C=O) groups is 1. The largest absolute Gasteiger partial charge is 0.390 e. The van der Waals surface area contributed by atoms with E-state index < -0.39 is 0 Å². The SMILES string of the molecule is CN1CCc2c(sc(N)c2C(=O)c2ccccc2Cl)C1. The van der Waals surface area contributed by atoms with Crippen molar-refractivity contribution in [2.45, 2.75) is 13.0 Å². The number of anilines is 1. The third-order valence-electron chi connectivity index (χ3n) is 3.62. The van der Waals surface area contributed by atoms with Crippen LogP contribution >= 0.6 is 22.9 Å². The van der Waals surface area contributed by atoms with Crippen LogP contribution in [0.15, 0.2) is 24.3 Å². The summed E-state index contributed by atoms with van der Waals surface area (Å²) in [7, 11) is 2.08. The first-order valence-corrected chi connectivity index (χ1v) is 7.65. The predicted octanol–water partition coefficient (Wildman–Crippen LogP) is 3.20. The maximum atomic E-state index is 12.7. The minimum Gasteiger partial charge on any atom is -0.390 e. The summed E-state index contributed by atoms with van der Waals surface area (Å²) in [6.45, 7) is 1.81. The first-order valence-electron chi connectivity index (χ1n) is 6.45. The zero-order valence-corrected chi connectivity index (χ0v) is 12.7. The van der Waals surface area contributed by atoms with Crippen molar-refractivity contribution in [3.63, 3.8) is 0 Å². The summed E-state index contributed by atoms with van der Waals surface area (Å²) >= 11 is 7.65. The first-order chi connectivity index (χ1) is 9.58. The Morgan fingerprint density at radius 3 is 2.90 bits per heavy atom. The van der Waals surface area contributed by atoms with Gasteiger partial charge in [-0.3, -0.25) is 4.79 Å². The highest BCUT2D eigenvalue weighted by Crippen LogP contribution is 2.36. The lowest BCUT2D eigenvalue weighted by Crippen LogP contribution is -2.26. The van der Waals surface area contributed by atoms with Crippen LogP contribution in [0.5, 0.6) is 0 Å². The fraction of sp³-hybridized carbons (Fsp3) is 0.267. The van der Waals surface area contributed by atoms with E-state index >= 15 is 0 Å². The third kappa shape index (κ3) is 2.24. The molecule has 0 spiro atoms. The molecule has 0 saturated heterocycles. The molecule has 2 aromatic rings. The molecule has 0 aliphatic carbocycles. The van der Waals surface area contributed by atoms with Crippen LogP contribution in [0.2, 0.25) is 5.02 Å². The van der Waals surface area contributed by atoms with Gasteiger partial charge in [-0.15, -0.1) is 11.3 Å². The average Bonchev–Trinajstić information content (AvgIpc) is 2.73. The molecule has 0 bridgehead atoms. The van der Waals surface area contributed by atoms with Crippen LogP contribution in [0, 0.1) is 0 Å². The minimum atomic E-state index is -0.0600. The lowest BCUT2D eigenvalue weighted by Gasteiger charge is -2.22. The maximum Gasteiger partial charge on any atom is 0.197 e. The fourth-order valence-corrected chi connectivity index (χ4v) is 4.00. The predicted molar refractivity (Wildman–Crippen MR) is 83.7 cm³/mol. The summed E-state index contributed by atoms with van der Waals surface area (Å²) < 4.78 is 0. The number of rotatable bonds is 2. The lowest BCUT2D eigenvalue weighted by atomic mass is 9.96. The fourth-order valence-electron chi connectivity index (χ4n) is 2.58. The number of nitrogen functional groups attached to an aromatic ring is 1. The van der Waals surface area contributed by atoms with E-state index in [4.69, 9.17) is 17.3 Å². The molecule has 0 amide bonds. The molecule has 5 heteroatoms. The lowest BCUT2D eigenvalue weighted by molar-refractivity contribution is 0.103. The average molecular weight is 307 g/mol. The molecule has 0 radical (unpaired) electrons. The van der Waals surface area contributed by atoms with Gasteiger partial charge in [-0.1, -0.05) is 23.7 Å². The van der Waals surface area contributed by atoms with Crippen LogP contribution in [-0.2, 0) is 13.0 Å². The number of fused-ring (bicyclic) bond motifs is 1. The van der Waals surface area contributed by atoms with Gasteiger partial charge in [0.15, 0.2) is 5.78 Å². The number of benzene rings is 1. The molecular formula is C15H15ClN2OS. The smallest absolute Gasteiger partial charge is 0.197 e. The van der Waals surface area contributed by atoms with E-state index in [0.717, 1.165) is 25.1 Å². The van der Waals surface area contributed by atoms with Crippen LogP contribution in [-0.4, -0.2) is 24.3 Å². The number of nitrogens with zero attached hydrogens (tertiary/aromatic N) is 1. The number of nitrogens with two attached hydrogens (primary N) is 1. The normalized spacial score (nSPS) is 15.1. The van der Waals surface area contributed by atoms with Crippen LogP contribution in [0.25, 0.3) is 0 Å². The van der Waals surface area contributed by atoms with Crippen LogP contribution in [0.4, 0.5) is 5.00 Å². The Labute approximate surface area is 127 Å². The summed E-state index contributed by atoms with van der Waals surface area (Å²) in [6.07, 6.45) is 0.866. The van der Waals surface area contributed by atoms with Gasteiger partial charge in [-0.25, -0.2) is 0 Å². The molecular weight excluding hydrogens is 292 g/mol. The molecule has 1 aromatic heterocycles. The van der Waals surface area contributed by atoms with E-state index in [9.17, 15) is 4.79 Å². The van der Waals surface area contributed by atoms with Crippen LogP contribution in [0.1, 0.15) is 26.4 Å². The van der Waals surface area contributed by atoms with Crippen molar-refractivity contribution in [1.29, 1.82) is 0 Å². The number of hydrogen-bond acceptors (Lipinski definition) is 4. The number of hydrogen-bond donors (Lipinski definition) is 1. The van der Waals surface area contributed by atoms with Gasteiger partial charge < -0.3 is 10.6 Å². The molecule has 1 aromatic carbocycles. The van der Waals surface area contributed by atoms with Gasteiger partial charge in [0.05, 0.1) is 15.6 Å². The summed E-state index contributed by atoms with van der Waals surface area (Å²) in [5.74, 6) is -0.0600. The Morgan fingerprint density at radius 2 is 2.15 bits per heavy atom. The highest BCUT2D eigenvalue weighted by atomic mass is 35.5. The van der Waals surface area contributed by atoms with Crippen molar-refractivity contribution in [1.82, 2.24) is 4.90 Å². The van der Waals surface area contributed by atoms with E-state index in [-0.39, 0.29) is 5.78 Å². The van der Waals surface area contributed by atoms with Crippen LogP contribution < -0.4 is 5.73 Å². The second kappa shape index (κ2) is 5.20. The second-order valence-corrected chi connectivity index (χ2v) is 6.58. The monoisotopic (exact) mass is 306 g/mol. The number of halogens is 1. The van der Waals surface area contributed by atoms with Crippen molar-refractivity contribution in [3.05, 3.63) is 50.9 Å².